The number of rotatable bonds is 6. The average Bonchev–Trinajstić information content (AvgIpc) is 2.80. The van der Waals surface area contributed by atoms with E-state index in [0.29, 0.717) is 11.6 Å². The first-order valence-electron chi connectivity index (χ1n) is 10.9. The van der Waals surface area contributed by atoms with Crippen LogP contribution in [0, 0.1) is 0 Å². The molecule has 3 aromatic carbocycles. The van der Waals surface area contributed by atoms with Gasteiger partial charge in [0.05, 0.1) is 32.8 Å². The highest BCUT2D eigenvalue weighted by Crippen LogP contribution is 2.25. The molecule has 3 aromatic rings. The molecular formula is C26H31ClN2O2. The molecule has 4 rings (SSSR count). The Labute approximate surface area is 191 Å². The second-order valence-corrected chi connectivity index (χ2v) is 8.51. The summed E-state index contributed by atoms with van der Waals surface area (Å²) in [6.45, 7) is 6.12. The van der Waals surface area contributed by atoms with Crippen molar-refractivity contribution in [1.29, 1.82) is 0 Å². The van der Waals surface area contributed by atoms with Crippen molar-refractivity contribution in [3.8, 4) is 0 Å². The highest BCUT2D eigenvalue weighted by molar-refractivity contribution is 6.06. The molecule has 164 valence electrons. The van der Waals surface area contributed by atoms with Gasteiger partial charge in [-0.2, -0.15) is 0 Å². The van der Waals surface area contributed by atoms with Crippen LogP contribution < -0.4 is 17.7 Å². The lowest BCUT2D eigenvalue weighted by molar-refractivity contribution is -0.946. The number of ether oxygens (including phenoxy) is 1. The quantitative estimate of drug-likeness (QED) is 0.599. The van der Waals surface area contributed by atoms with Gasteiger partial charge in [0.2, 0.25) is 0 Å². The van der Waals surface area contributed by atoms with E-state index in [-0.39, 0.29) is 18.3 Å². The van der Waals surface area contributed by atoms with Crippen molar-refractivity contribution in [2.75, 3.05) is 32.1 Å². The van der Waals surface area contributed by atoms with Crippen LogP contribution in [-0.4, -0.2) is 43.2 Å². The molecule has 1 amide bonds. The minimum atomic E-state index is -0.0788. The fourth-order valence-corrected chi connectivity index (χ4v) is 4.45. The third kappa shape index (κ3) is 5.45. The smallest absolute Gasteiger partial charge is 0.255 e. The molecular weight excluding hydrogens is 408 g/mol. The third-order valence-corrected chi connectivity index (χ3v) is 6.56. The molecule has 5 heteroatoms. The fourth-order valence-electron chi connectivity index (χ4n) is 4.45. The number of hydrogen-bond acceptors (Lipinski definition) is 2. The number of quaternary nitrogens is 1. The molecule has 31 heavy (non-hydrogen) atoms. The van der Waals surface area contributed by atoms with Crippen LogP contribution in [0.2, 0.25) is 0 Å². The van der Waals surface area contributed by atoms with Crippen LogP contribution in [0.3, 0.4) is 0 Å². The molecule has 1 aliphatic rings. The van der Waals surface area contributed by atoms with Crippen LogP contribution in [0.1, 0.15) is 35.7 Å². The standard InChI is InChI=1S/C26H30N2O2.ClH/c1-3-28(2,25-14-16-30-17-15-25)19-20-8-12-24(13-9-20)27-26(29)23-11-10-21-6-4-5-7-22(21)18-23;/h4-13,18,25H,3,14-17,19H2,1-2H3;1H. The number of hydrogen-bond donors (Lipinski definition) is 1. The first kappa shape index (κ1) is 23.3. The molecule has 0 aliphatic carbocycles. The molecule has 1 aliphatic heterocycles. The summed E-state index contributed by atoms with van der Waals surface area (Å²) in [4.78, 5) is 12.7. The molecule has 0 saturated carbocycles. The number of nitrogens with zero attached hydrogens (tertiary/aromatic N) is 1. The lowest BCUT2D eigenvalue weighted by atomic mass is 10.0. The van der Waals surface area contributed by atoms with Crippen molar-refractivity contribution >= 4 is 22.4 Å². The van der Waals surface area contributed by atoms with E-state index in [2.05, 4.69) is 37.5 Å². The highest BCUT2D eigenvalue weighted by Gasteiger charge is 2.32. The van der Waals surface area contributed by atoms with Crippen LogP contribution in [0.5, 0.6) is 0 Å². The summed E-state index contributed by atoms with van der Waals surface area (Å²) in [5.41, 5.74) is 2.80. The molecule has 0 spiro atoms. The molecule has 1 N–H and O–H groups in total. The Balaban J connectivity index is 0.00000272. The zero-order valence-electron chi connectivity index (χ0n) is 18.3. The van der Waals surface area contributed by atoms with Crippen molar-refractivity contribution < 1.29 is 26.4 Å². The lowest BCUT2D eigenvalue weighted by Crippen LogP contribution is -3.00. The van der Waals surface area contributed by atoms with Gasteiger partial charge in [-0.15, -0.1) is 0 Å². The van der Waals surface area contributed by atoms with Gasteiger partial charge in [-0.05, 0) is 42.0 Å². The Bertz CT molecular complexity index is 1020. The number of carbonyl (C=O) groups is 1. The summed E-state index contributed by atoms with van der Waals surface area (Å²) in [7, 11) is 2.35. The van der Waals surface area contributed by atoms with E-state index < -0.39 is 0 Å². The summed E-state index contributed by atoms with van der Waals surface area (Å²) < 4.78 is 6.59. The zero-order valence-corrected chi connectivity index (χ0v) is 19.1. The summed E-state index contributed by atoms with van der Waals surface area (Å²) >= 11 is 0. The monoisotopic (exact) mass is 438 g/mol. The van der Waals surface area contributed by atoms with Crippen molar-refractivity contribution in [1.82, 2.24) is 0 Å². The number of benzene rings is 3. The van der Waals surface area contributed by atoms with Gasteiger partial charge in [0.25, 0.3) is 5.91 Å². The Kier molecular flexibility index (Phi) is 7.71. The second-order valence-electron chi connectivity index (χ2n) is 8.51. The predicted molar refractivity (Wildman–Crippen MR) is 123 cm³/mol. The zero-order chi connectivity index (χ0) is 21.0. The maximum Gasteiger partial charge on any atom is 0.255 e. The summed E-state index contributed by atoms with van der Waals surface area (Å²) in [5, 5.41) is 5.24. The van der Waals surface area contributed by atoms with Gasteiger partial charge in [-0.1, -0.05) is 42.5 Å². The minimum Gasteiger partial charge on any atom is -1.00 e. The highest BCUT2D eigenvalue weighted by atomic mass is 35.5. The van der Waals surface area contributed by atoms with E-state index in [1.807, 2.05) is 48.5 Å². The number of carbonyl (C=O) groups excluding carboxylic acids is 1. The first-order chi connectivity index (χ1) is 14.6. The maximum absolute atomic E-state index is 12.7. The first-order valence-corrected chi connectivity index (χ1v) is 10.9. The van der Waals surface area contributed by atoms with E-state index >= 15 is 0 Å². The SMILES string of the molecule is CC[N+](C)(Cc1ccc(NC(=O)c2ccc3ccccc3c2)cc1)C1CCOCC1.[Cl-]. The van der Waals surface area contributed by atoms with Crippen molar-refractivity contribution in [3.05, 3.63) is 77.9 Å². The topological polar surface area (TPSA) is 38.3 Å². The largest absolute Gasteiger partial charge is 1.00 e. The number of amides is 1. The van der Waals surface area contributed by atoms with Gasteiger partial charge in [0.1, 0.15) is 6.54 Å². The predicted octanol–water partition coefficient (Wildman–Crippen LogP) is 2.24. The summed E-state index contributed by atoms with van der Waals surface area (Å²) in [6, 6.07) is 22.9. The molecule has 4 nitrogen and oxygen atoms in total. The molecule has 1 atom stereocenters. The molecule has 1 unspecified atom stereocenters. The Morgan fingerprint density at radius 1 is 1.00 bits per heavy atom. The number of halogens is 1. The average molecular weight is 439 g/mol. The molecule has 1 saturated heterocycles. The van der Waals surface area contributed by atoms with E-state index in [1.165, 1.54) is 5.56 Å². The van der Waals surface area contributed by atoms with E-state index in [4.69, 9.17) is 4.74 Å². The van der Waals surface area contributed by atoms with E-state index in [1.54, 1.807) is 0 Å². The molecule has 0 radical (unpaired) electrons. The Morgan fingerprint density at radius 3 is 2.35 bits per heavy atom. The van der Waals surface area contributed by atoms with Gasteiger partial charge < -0.3 is 26.9 Å². The molecule has 1 fully saturated rings. The number of fused-ring (bicyclic) bond motifs is 1. The van der Waals surface area contributed by atoms with Crippen LogP contribution >= 0.6 is 0 Å². The minimum absolute atomic E-state index is 0. The van der Waals surface area contributed by atoms with Crippen LogP contribution in [0.25, 0.3) is 10.8 Å². The second kappa shape index (κ2) is 10.3. The normalized spacial score (nSPS) is 16.3. The van der Waals surface area contributed by atoms with Crippen LogP contribution in [0.15, 0.2) is 66.7 Å². The Morgan fingerprint density at radius 2 is 1.68 bits per heavy atom. The van der Waals surface area contributed by atoms with Gasteiger partial charge in [-0.3, -0.25) is 4.79 Å². The van der Waals surface area contributed by atoms with Gasteiger partial charge >= 0.3 is 0 Å². The van der Waals surface area contributed by atoms with Crippen LogP contribution in [-0.2, 0) is 11.3 Å². The van der Waals surface area contributed by atoms with Crippen molar-refractivity contribution in [2.45, 2.75) is 32.4 Å². The van der Waals surface area contributed by atoms with Gasteiger partial charge in [0, 0.05) is 29.7 Å². The number of nitrogens with one attached hydrogen (secondary N) is 1. The summed E-state index contributed by atoms with van der Waals surface area (Å²) in [5.74, 6) is -0.0788. The molecule has 0 bridgehead atoms. The van der Waals surface area contributed by atoms with E-state index in [0.717, 1.165) is 60.1 Å². The summed E-state index contributed by atoms with van der Waals surface area (Å²) in [6.07, 6.45) is 2.26. The van der Waals surface area contributed by atoms with Crippen molar-refractivity contribution in [3.63, 3.8) is 0 Å². The van der Waals surface area contributed by atoms with E-state index in [9.17, 15) is 4.79 Å². The van der Waals surface area contributed by atoms with Gasteiger partial charge in [-0.25, -0.2) is 0 Å². The fraction of sp³-hybridized carbons (Fsp3) is 0.346. The number of anilines is 1. The Hall–Kier alpha value is -2.40. The van der Waals surface area contributed by atoms with Crippen LogP contribution in [0.4, 0.5) is 5.69 Å². The van der Waals surface area contributed by atoms with Gasteiger partial charge in [0.15, 0.2) is 0 Å². The third-order valence-electron chi connectivity index (χ3n) is 6.56. The molecule has 1 heterocycles. The molecule has 0 aromatic heterocycles. The van der Waals surface area contributed by atoms with Crippen molar-refractivity contribution in [2.24, 2.45) is 0 Å². The lowest BCUT2D eigenvalue weighted by Gasteiger charge is -2.42. The maximum atomic E-state index is 12.7.